The zero-order chi connectivity index (χ0) is 12.4. The highest BCUT2D eigenvalue weighted by molar-refractivity contribution is 5.44. The highest BCUT2D eigenvalue weighted by atomic mass is 16.5. The van der Waals surface area contributed by atoms with Gasteiger partial charge in [-0.05, 0) is 37.9 Å². The van der Waals surface area contributed by atoms with Crippen LogP contribution in [0.5, 0.6) is 11.5 Å². The molecule has 2 unspecified atom stereocenters. The van der Waals surface area contributed by atoms with Crippen LogP contribution in [0, 0.1) is 0 Å². The van der Waals surface area contributed by atoms with E-state index in [0.29, 0.717) is 12.7 Å². The molecule has 0 aliphatic carbocycles. The summed E-state index contributed by atoms with van der Waals surface area (Å²) in [6.07, 6.45) is 3.87. The molecule has 1 aromatic rings. The number of rotatable bonds is 4. The Morgan fingerprint density at radius 1 is 1.39 bits per heavy atom. The SMILES string of the molecule is Oc1ccc2c(c1)OCC2NCCC1CCCO1. The lowest BCUT2D eigenvalue weighted by Gasteiger charge is -2.14. The van der Waals surface area contributed by atoms with Crippen molar-refractivity contribution >= 4 is 0 Å². The van der Waals surface area contributed by atoms with Crippen molar-refractivity contribution in [2.45, 2.75) is 31.4 Å². The van der Waals surface area contributed by atoms with Gasteiger partial charge in [-0.25, -0.2) is 0 Å². The van der Waals surface area contributed by atoms with Gasteiger partial charge in [-0.15, -0.1) is 0 Å². The Balaban J connectivity index is 1.53. The molecule has 2 heterocycles. The summed E-state index contributed by atoms with van der Waals surface area (Å²) in [4.78, 5) is 0. The van der Waals surface area contributed by atoms with Crippen LogP contribution in [0.4, 0.5) is 0 Å². The molecule has 0 spiro atoms. The Kier molecular flexibility index (Phi) is 3.39. The molecule has 1 saturated heterocycles. The maximum atomic E-state index is 9.39. The summed E-state index contributed by atoms with van der Waals surface area (Å²) in [6.45, 7) is 2.50. The first-order valence-electron chi connectivity index (χ1n) is 6.63. The molecule has 1 fully saturated rings. The molecule has 98 valence electrons. The molecule has 0 saturated carbocycles. The van der Waals surface area contributed by atoms with Crippen LogP contribution >= 0.6 is 0 Å². The number of fused-ring (bicyclic) bond motifs is 1. The number of hydrogen-bond donors (Lipinski definition) is 2. The molecular weight excluding hydrogens is 230 g/mol. The van der Waals surface area contributed by atoms with E-state index in [0.717, 1.165) is 30.9 Å². The first kappa shape index (κ1) is 11.8. The molecule has 4 nitrogen and oxygen atoms in total. The zero-order valence-corrected chi connectivity index (χ0v) is 10.4. The Bertz CT molecular complexity index is 416. The predicted molar refractivity (Wildman–Crippen MR) is 67.9 cm³/mol. The van der Waals surface area contributed by atoms with Gasteiger partial charge in [0.1, 0.15) is 18.1 Å². The smallest absolute Gasteiger partial charge is 0.127 e. The molecule has 3 rings (SSSR count). The van der Waals surface area contributed by atoms with E-state index in [2.05, 4.69) is 5.32 Å². The molecule has 4 heteroatoms. The first-order chi connectivity index (χ1) is 8.83. The molecule has 2 atom stereocenters. The van der Waals surface area contributed by atoms with Gasteiger partial charge in [0.15, 0.2) is 0 Å². The summed E-state index contributed by atoms with van der Waals surface area (Å²) in [6, 6.07) is 5.56. The third-order valence-corrected chi connectivity index (χ3v) is 3.66. The molecule has 1 aromatic carbocycles. The molecular formula is C14H19NO3. The topological polar surface area (TPSA) is 50.7 Å². The second-order valence-electron chi connectivity index (χ2n) is 4.96. The lowest BCUT2D eigenvalue weighted by Crippen LogP contribution is -2.26. The Labute approximate surface area is 107 Å². The minimum absolute atomic E-state index is 0.238. The van der Waals surface area contributed by atoms with Crippen LogP contribution in [-0.4, -0.2) is 31.0 Å². The first-order valence-corrected chi connectivity index (χ1v) is 6.63. The van der Waals surface area contributed by atoms with Gasteiger partial charge in [0.05, 0.1) is 12.1 Å². The number of phenolic OH excluding ortho intramolecular Hbond substituents is 1. The second-order valence-corrected chi connectivity index (χ2v) is 4.96. The third-order valence-electron chi connectivity index (χ3n) is 3.66. The maximum Gasteiger partial charge on any atom is 0.127 e. The standard InChI is InChI=1S/C14H19NO3/c16-10-3-4-12-13(9-18-14(12)8-10)15-6-5-11-2-1-7-17-11/h3-4,8,11,13,15-16H,1-2,5-7,9H2. The summed E-state index contributed by atoms with van der Waals surface area (Å²) in [5, 5.41) is 12.9. The van der Waals surface area contributed by atoms with Crippen LogP contribution in [0.3, 0.4) is 0 Å². The fourth-order valence-corrected chi connectivity index (χ4v) is 2.66. The van der Waals surface area contributed by atoms with Crippen LogP contribution in [0.15, 0.2) is 18.2 Å². The Morgan fingerprint density at radius 3 is 3.17 bits per heavy atom. The van der Waals surface area contributed by atoms with Crippen molar-refractivity contribution < 1.29 is 14.6 Å². The average Bonchev–Trinajstić information content (AvgIpc) is 2.99. The van der Waals surface area contributed by atoms with Crippen molar-refractivity contribution in [2.24, 2.45) is 0 Å². The van der Waals surface area contributed by atoms with Gasteiger partial charge in [-0.2, -0.15) is 0 Å². The molecule has 0 radical (unpaired) electrons. The number of phenols is 1. The molecule has 2 N–H and O–H groups in total. The monoisotopic (exact) mass is 249 g/mol. The number of nitrogens with one attached hydrogen (secondary N) is 1. The van der Waals surface area contributed by atoms with Crippen LogP contribution in [0.1, 0.15) is 30.9 Å². The minimum Gasteiger partial charge on any atom is -0.508 e. The van der Waals surface area contributed by atoms with Crippen molar-refractivity contribution in [3.8, 4) is 11.5 Å². The summed E-state index contributed by atoms with van der Waals surface area (Å²) in [5.41, 5.74) is 1.14. The van der Waals surface area contributed by atoms with Gasteiger partial charge in [0.2, 0.25) is 0 Å². The van der Waals surface area contributed by atoms with Gasteiger partial charge in [0, 0.05) is 18.2 Å². The van der Waals surface area contributed by atoms with Gasteiger partial charge >= 0.3 is 0 Å². The van der Waals surface area contributed by atoms with Gasteiger partial charge < -0.3 is 19.9 Å². The predicted octanol–water partition coefficient (Wildman–Crippen LogP) is 1.98. The molecule has 18 heavy (non-hydrogen) atoms. The highest BCUT2D eigenvalue weighted by Gasteiger charge is 2.24. The quantitative estimate of drug-likeness (QED) is 0.856. The van der Waals surface area contributed by atoms with Crippen molar-refractivity contribution in [3.05, 3.63) is 23.8 Å². The van der Waals surface area contributed by atoms with E-state index in [9.17, 15) is 5.11 Å². The normalized spacial score (nSPS) is 26.0. The summed E-state index contributed by atoms with van der Waals surface area (Å²) < 4.78 is 11.2. The average molecular weight is 249 g/mol. The van der Waals surface area contributed by atoms with E-state index in [1.54, 1.807) is 12.1 Å². The Hall–Kier alpha value is -1.26. The zero-order valence-electron chi connectivity index (χ0n) is 10.4. The highest BCUT2D eigenvalue weighted by Crippen LogP contribution is 2.34. The van der Waals surface area contributed by atoms with Crippen molar-refractivity contribution in [1.82, 2.24) is 5.32 Å². The van der Waals surface area contributed by atoms with Gasteiger partial charge in [-0.3, -0.25) is 0 Å². The molecule has 0 aromatic heterocycles. The van der Waals surface area contributed by atoms with E-state index in [1.807, 2.05) is 6.07 Å². The lowest BCUT2D eigenvalue weighted by atomic mass is 10.1. The number of hydrogen-bond acceptors (Lipinski definition) is 4. The van der Waals surface area contributed by atoms with E-state index in [4.69, 9.17) is 9.47 Å². The fourth-order valence-electron chi connectivity index (χ4n) is 2.66. The van der Waals surface area contributed by atoms with Gasteiger partial charge in [-0.1, -0.05) is 0 Å². The lowest BCUT2D eigenvalue weighted by molar-refractivity contribution is 0.103. The summed E-state index contributed by atoms with van der Waals surface area (Å²) in [7, 11) is 0. The van der Waals surface area contributed by atoms with E-state index >= 15 is 0 Å². The molecule has 2 aliphatic rings. The molecule has 2 aliphatic heterocycles. The molecule has 0 amide bonds. The van der Waals surface area contributed by atoms with Crippen LogP contribution in [0.2, 0.25) is 0 Å². The number of aromatic hydroxyl groups is 1. The number of ether oxygens (including phenoxy) is 2. The van der Waals surface area contributed by atoms with Crippen molar-refractivity contribution in [2.75, 3.05) is 19.8 Å². The van der Waals surface area contributed by atoms with Crippen LogP contribution in [0.25, 0.3) is 0 Å². The second kappa shape index (κ2) is 5.16. The van der Waals surface area contributed by atoms with Crippen molar-refractivity contribution in [1.29, 1.82) is 0 Å². The largest absolute Gasteiger partial charge is 0.508 e. The van der Waals surface area contributed by atoms with Gasteiger partial charge in [0.25, 0.3) is 0 Å². The summed E-state index contributed by atoms with van der Waals surface area (Å²) in [5.74, 6) is 1.05. The van der Waals surface area contributed by atoms with E-state index < -0.39 is 0 Å². The Morgan fingerprint density at radius 2 is 2.33 bits per heavy atom. The molecule has 0 bridgehead atoms. The van der Waals surface area contributed by atoms with E-state index in [1.165, 1.54) is 12.8 Å². The minimum atomic E-state index is 0.238. The van der Waals surface area contributed by atoms with E-state index in [-0.39, 0.29) is 11.8 Å². The van der Waals surface area contributed by atoms with Crippen LogP contribution in [-0.2, 0) is 4.74 Å². The van der Waals surface area contributed by atoms with Crippen molar-refractivity contribution in [3.63, 3.8) is 0 Å². The third kappa shape index (κ3) is 2.44. The maximum absolute atomic E-state index is 9.39. The van der Waals surface area contributed by atoms with Crippen LogP contribution < -0.4 is 10.1 Å². The number of benzene rings is 1. The summed E-state index contributed by atoms with van der Waals surface area (Å²) >= 11 is 0. The fraction of sp³-hybridized carbons (Fsp3) is 0.571.